The molecule has 76 valence electrons. The number of hydrogen-bond acceptors (Lipinski definition) is 4. The van der Waals surface area contributed by atoms with Gasteiger partial charge in [0.25, 0.3) is 0 Å². The fourth-order valence-corrected chi connectivity index (χ4v) is 0.999. The molecule has 0 radical (unpaired) electrons. The second-order valence-corrected chi connectivity index (χ2v) is 2.83. The van der Waals surface area contributed by atoms with E-state index in [1.807, 2.05) is 6.92 Å². The van der Waals surface area contributed by atoms with Crippen molar-refractivity contribution in [2.45, 2.75) is 26.2 Å². The van der Waals surface area contributed by atoms with E-state index in [-0.39, 0.29) is 30.7 Å². The zero-order valence-corrected chi connectivity index (χ0v) is 8.33. The molecule has 0 aliphatic rings. The summed E-state index contributed by atoms with van der Waals surface area (Å²) in [6.07, 6.45) is 1.33. The third kappa shape index (κ3) is 5.22. The Kier molecular flexibility index (Phi) is 5.93. The predicted molar refractivity (Wildman–Crippen MR) is 47.0 cm³/mol. The molecular formula is C9H16O4. The van der Waals surface area contributed by atoms with Crippen LogP contribution in [-0.2, 0) is 19.1 Å². The van der Waals surface area contributed by atoms with Gasteiger partial charge >= 0.3 is 11.9 Å². The summed E-state index contributed by atoms with van der Waals surface area (Å²) in [5, 5.41) is 0. The lowest BCUT2D eigenvalue weighted by molar-refractivity contribution is -0.144. The smallest absolute Gasteiger partial charge is 0.305 e. The summed E-state index contributed by atoms with van der Waals surface area (Å²) in [4.78, 5) is 21.8. The van der Waals surface area contributed by atoms with Gasteiger partial charge in [0, 0.05) is 12.8 Å². The fraction of sp³-hybridized carbons (Fsp3) is 0.778. The van der Waals surface area contributed by atoms with Gasteiger partial charge in [-0.3, -0.25) is 9.59 Å². The van der Waals surface area contributed by atoms with Gasteiger partial charge in [0.1, 0.15) is 0 Å². The first-order valence-electron chi connectivity index (χ1n) is 4.27. The van der Waals surface area contributed by atoms with Crippen LogP contribution in [0.1, 0.15) is 26.2 Å². The molecule has 0 heterocycles. The van der Waals surface area contributed by atoms with Gasteiger partial charge < -0.3 is 9.47 Å². The van der Waals surface area contributed by atoms with E-state index in [9.17, 15) is 9.59 Å². The van der Waals surface area contributed by atoms with Crippen molar-refractivity contribution in [1.82, 2.24) is 0 Å². The van der Waals surface area contributed by atoms with E-state index < -0.39 is 0 Å². The number of carbonyl (C=O) groups excluding carboxylic acids is 2. The van der Waals surface area contributed by atoms with Gasteiger partial charge in [-0.25, -0.2) is 0 Å². The summed E-state index contributed by atoms with van der Waals surface area (Å²) in [6.45, 7) is 1.93. The van der Waals surface area contributed by atoms with Crippen LogP contribution in [-0.4, -0.2) is 26.2 Å². The van der Waals surface area contributed by atoms with Crippen molar-refractivity contribution in [3.63, 3.8) is 0 Å². The second-order valence-electron chi connectivity index (χ2n) is 2.83. The number of esters is 2. The molecule has 0 bridgehead atoms. The van der Waals surface area contributed by atoms with Crippen LogP contribution in [0.15, 0.2) is 0 Å². The highest BCUT2D eigenvalue weighted by Crippen LogP contribution is 2.14. The molecule has 4 heteroatoms. The van der Waals surface area contributed by atoms with Gasteiger partial charge in [-0.2, -0.15) is 0 Å². The molecule has 13 heavy (non-hydrogen) atoms. The van der Waals surface area contributed by atoms with Crippen LogP contribution in [0.4, 0.5) is 0 Å². The van der Waals surface area contributed by atoms with Crippen LogP contribution < -0.4 is 0 Å². The van der Waals surface area contributed by atoms with E-state index in [0.717, 1.165) is 6.42 Å². The molecule has 0 unspecified atom stereocenters. The third-order valence-corrected chi connectivity index (χ3v) is 1.94. The monoisotopic (exact) mass is 188 g/mol. The second kappa shape index (κ2) is 6.46. The molecule has 0 rings (SSSR count). The molecule has 0 aliphatic heterocycles. The first-order chi connectivity index (χ1) is 6.13. The normalized spacial score (nSPS) is 9.85. The Hall–Kier alpha value is -1.06. The minimum atomic E-state index is -0.282. The highest BCUT2D eigenvalue weighted by Gasteiger charge is 2.16. The summed E-state index contributed by atoms with van der Waals surface area (Å²) in [5.41, 5.74) is 0. The molecule has 4 nitrogen and oxygen atoms in total. The van der Waals surface area contributed by atoms with Gasteiger partial charge in [-0.05, 0) is 5.92 Å². The molecule has 0 spiro atoms. The molecule has 0 amide bonds. The van der Waals surface area contributed by atoms with Crippen molar-refractivity contribution in [3.05, 3.63) is 0 Å². The van der Waals surface area contributed by atoms with Gasteiger partial charge in [0.15, 0.2) is 0 Å². The molecule has 0 saturated carbocycles. The lowest BCUT2D eigenvalue weighted by atomic mass is 9.99. The van der Waals surface area contributed by atoms with E-state index in [1.165, 1.54) is 14.2 Å². The Bertz CT molecular complexity index is 158. The van der Waals surface area contributed by atoms with Crippen molar-refractivity contribution in [1.29, 1.82) is 0 Å². The quantitative estimate of drug-likeness (QED) is 0.607. The van der Waals surface area contributed by atoms with Crippen molar-refractivity contribution in [2.24, 2.45) is 5.92 Å². The van der Waals surface area contributed by atoms with Crippen molar-refractivity contribution in [2.75, 3.05) is 14.2 Å². The van der Waals surface area contributed by atoms with Crippen LogP contribution >= 0.6 is 0 Å². The van der Waals surface area contributed by atoms with E-state index >= 15 is 0 Å². The van der Waals surface area contributed by atoms with Crippen LogP contribution in [0.2, 0.25) is 0 Å². The highest BCUT2D eigenvalue weighted by molar-refractivity contribution is 5.72. The lowest BCUT2D eigenvalue weighted by Crippen LogP contribution is -2.14. The number of methoxy groups -OCH3 is 2. The van der Waals surface area contributed by atoms with Gasteiger partial charge in [0.2, 0.25) is 0 Å². The first-order valence-corrected chi connectivity index (χ1v) is 4.27. The van der Waals surface area contributed by atoms with Crippen LogP contribution in [0.25, 0.3) is 0 Å². The maximum atomic E-state index is 10.9. The molecule has 0 aliphatic carbocycles. The topological polar surface area (TPSA) is 52.6 Å². The maximum Gasteiger partial charge on any atom is 0.305 e. The highest BCUT2D eigenvalue weighted by atomic mass is 16.5. The molecule has 0 fully saturated rings. The summed E-state index contributed by atoms with van der Waals surface area (Å²) < 4.78 is 9.01. The largest absolute Gasteiger partial charge is 0.469 e. The molecule has 0 N–H and O–H groups in total. The van der Waals surface area contributed by atoms with E-state index in [0.29, 0.717) is 0 Å². The number of rotatable bonds is 5. The average Bonchev–Trinajstić information content (AvgIpc) is 2.16. The fourth-order valence-electron chi connectivity index (χ4n) is 0.999. The Morgan fingerprint density at radius 3 is 1.69 bits per heavy atom. The number of carbonyl (C=O) groups is 2. The first kappa shape index (κ1) is 11.9. The molecule has 0 aromatic carbocycles. The van der Waals surface area contributed by atoms with Crippen LogP contribution in [0, 0.1) is 5.92 Å². The Morgan fingerprint density at radius 1 is 1.08 bits per heavy atom. The molecule has 0 aromatic rings. The summed E-state index contributed by atoms with van der Waals surface area (Å²) in [6, 6.07) is 0. The van der Waals surface area contributed by atoms with Crippen LogP contribution in [0.3, 0.4) is 0 Å². The minimum absolute atomic E-state index is 0.0277. The van der Waals surface area contributed by atoms with Crippen molar-refractivity contribution < 1.29 is 19.1 Å². The van der Waals surface area contributed by atoms with E-state index in [1.54, 1.807) is 0 Å². The summed E-state index contributed by atoms with van der Waals surface area (Å²) >= 11 is 0. The minimum Gasteiger partial charge on any atom is -0.469 e. The number of ether oxygens (including phenoxy) is 2. The molecule has 0 aromatic heterocycles. The molecule has 0 saturated heterocycles. The third-order valence-electron chi connectivity index (χ3n) is 1.94. The molecule has 0 atom stereocenters. The standard InChI is InChI=1S/C9H16O4/c1-4-7(5-8(10)12-2)6-9(11)13-3/h7H,4-6H2,1-3H3. The molecular weight excluding hydrogens is 172 g/mol. The number of hydrogen-bond donors (Lipinski definition) is 0. The SMILES string of the molecule is CCC(CC(=O)OC)CC(=O)OC. The Morgan fingerprint density at radius 2 is 1.46 bits per heavy atom. The maximum absolute atomic E-state index is 10.9. The zero-order chi connectivity index (χ0) is 10.3. The van der Waals surface area contributed by atoms with Gasteiger partial charge in [-0.15, -0.1) is 0 Å². The van der Waals surface area contributed by atoms with Crippen LogP contribution in [0.5, 0.6) is 0 Å². The average molecular weight is 188 g/mol. The zero-order valence-electron chi connectivity index (χ0n) is 8.33. The van der Waals surface area contributed by atoms with Gasteiger partial charge in [0.05, 0.1) is 14.2 Å². The predicted octanol–water partition coefficient (Wildman–Crippen LogP) is 1.14. The Labute approximate surface area is 78.2 Å². The summed E-state index contributed by atoms with van der Waals surface area (Å²) in [7, 11) is 2.68. The van der Waals surface area contributed by atoms with E-state index in [4.69, 9.17) is 0 Å². The van der Waals surface area contributed by atoms with Crippen molar-refractivity contribution >= 4 is 11.9 Å². The lowest BCUT2D eigenvalue weighted by Gasteiger charge is -2.11. The van der Waals surface area contributed by atoms with E-state index in [2.05, 4.69) is 9.47 Å². The van der Waals surface area contributed by atoms with Crippen molar-refractivity contribution in [3.8, 4) is 0 Å². The Balaban J connectivity index is 3.89. The summed E-state index contributed by atoms with van der Waals surface area (Å²) in [5.74, 6) is -0.536. The van der Waals surface area contributed by atoms with Gasteiger partial charge in [-0.1, -0.05) is 13.3 Å².